The normalized spacial score (nSPS) is 15.5. The van der Waals surface area contributed by atoms with Crippen LogP contribution < -0.4 is 16.0 Å². The van der Waals surface area contributed by atoms with Crippen LogP contribution >= 0.6 is 0 Å². The summed E-state index contributed by atoms with van der Waals surface area (Å²) in [6.45, 7) is 5.27. The molecule has 0 bridgehead atoms. The van der Waals surface area contributed by atoms with E-state index >= 15 is 0 Å². The average Bonchev–Trinajstić information content (AvgIpc) is 2.79. The zero-order valence-electron chi connectivity index (χ0n) is 17.4. The predicted molar refractivity (Wildman–Crippen MR) is 116 cm³/mol. The van der Waals surface area contributed by atoms with Crippen LogP contribution in [-0.4, -0.2) is 47.8 Å². The minimum Gasteiger partial charge on any atom is -0.457 e. The number of carbonyl (C=O) groups is 2. The lowest BCUT2D eigenvalue weighted by Gasteiger charge is -2.38. The molecular formula is C23H30N4O3. The largest absolute Gasteiger partial charge is 0.457 e. The Kier molecular flexibility index (Phi) is 7.82. The molecule has 7 heteroatoms. The summed E-state index contributed by atoms with van der Waals surface area (Å²) in [5.41, 5.74) is 3.31. The maximum Gasteiger partial charge on any atom is 0.233 e. The van der Waals surface area contributed by atoms with Crippen LogP contribution in [0.1, 0.15) is 37.8 Å². The van der Waals surface area contributed by atoms with Gasteiger partial charge in [-0.1, -0.05) is 30.3 Å². The second kappa shape index (κ2) is 10.8. The Morgan fingerprint density at radius 1 is 0.967 bits per heavy atom. The molecule has 0 radical (unpaired) electrons. The van der Waals surface area contributed by atoms with Crippen molar-refractivity contribution in [1.82, 2.24) is 15.2 Å². The Hall–Kier alpha value is -2.90. The first kappa shape index (κ1) is 21.8. The van der Waals surface area contributed by atoms with E-state index < -0.39 is 0 Å². The second-order valence-corrected chi connectivity index (χ2v) is 7.50. The van der Waals surface area contributed by atoms with Gasteiger partial charge in [-0.3, -0.25) is 19.9 Å². The molecular weight excluding hydrogens is 380 g/mol. The van der Waals surface area contributed by atoms with Gasteiger partial charge in [-0.2, -0.15) is 0 Å². The molecule has 1 aliphatic heterocycles. The molecule has 0 spiro atoms. The number of carbonyl (C=O) groups excluding carboxylic acids is 2. The number of hydrogen-bond donors (Lipinski definition) is 2. The Balaban J connectivity index is 1.46. The lowest BCUT2D eigenvalue weighted by molar-refractivity contribution is -0.133. The summed E-state index contributed by atoms with van der Waals surface area (Å²) < 4.78 is 5.86. The smallest absolute Gasteiger partial charge is 0.233 e. The van der Waals surface area contributed by atoms with E-state index in [0.717, 1.165) is 24.6 Å². The minimum absolute atomic E-state index is 0.106. The molecule has 1 fully saturated rings. The van der Waals surface area contributed by atoms with Gasteiger partial charge < -0.3 is 9.64 Å². The third-order valence-electron chi connectivity index (χ3n) is 5.51. The molecule has 7 nitrogen and oxygen atoms in total. The molecule has 1 saturated heterocycles. The fraction of sp³-hybridized carbons (Fsp3) is 0.391. The molecule has 3 rings (SSSR count). The molecule has 2 aromatic rings. The van der Waals surface area contributed by atoms with Gasteiger partial charge >= 0.3 is 0 Å². The Labute approximate surface area is 177 Å². The van der Waals surface area contributed by atoms with Crippen molar-refractivity contribution in [1.29, 1.82) is 0 Å². The predicted octanol–water partition coefficient (Wildman–Crippen LogP) is 2.84. The zero-order chi connectivity index (χ0) is 21.3. The van der Waals surface area contributed by atoms with E-state index in [1.807, 2.05) is 47.4 Å². The molecule has 1 aliphatic rings. The van der Waals surface area contributed by atoms with Crippen LogP contribution in [0.15, 0.2) is 54.6 Å². The van der Waals surface area contributed by atoms with Gasteiger partial charge in [-0.25, -0.2) is 5.84 Å². The molecule has 1 unspecified atom stereocenters. The van der Waals surface area contributed by atoms with Crippen LogP contribution in [0.2, 0.25) is 0 Å². The van der Waals surface area contributed by atoms with Crippen LogP contribution in [0, 0.1) is 0 Å². The monoisotopic (exact) mass is 410 g/mol. The topological polar surface area (TPSA) is 87.9 Å². The molecule has 3 N–H and O–H groups in total. The number of nitrogens with zero attached hydrogens (tertiary/aromatic N) is 2. The third-order valence-corrected chi connectivity index (χ3v) is 5.51. The van der Waals surface area contributed by atoms with Crippen molar-refractivity contribution in [2.45, 2.75) is 32.2 Å². The highest BCUT2D eigenvalue weighted by Gasteiger charge is 2.24. The summed E-state index contributed by atoms with van der Waals surface area (Å²) in [7, 11) is 0. The van der Waals surface area contributed by atoms with E-state index in [0.29, 0.717) is 25.9 Å². The van der Waals surface area contributed by atoms with E-state index in [1.54, 1.807) is 0 Å². The molecule has 1 atom stereocenters. The number of hydrazine groups is 1. The molecule has 2 aromatic carbocycles. The fourth-order valence-electron chi connectivity index (χ4n) is 3.64. The van der Waals surface area contributed by atoms with Gasteiger partial charge in [0.15, 0.2) is 0 Å². The van der Waals surface area contributed by atoms with Gasteiger partial charge in [0.25, 0.3) is 0 Å². The number of piperazine rings is 1. The maximum absolute atomic E-state index is 12.3. The molecule has 1 heterocycles. The van der Waals surface area contributed by atoms with E-state index in [2.05, 4.69) is 29.4 Å². The standard InChI is InChI=1S/C23H30N4O3/c1-18(19-10-12-21(13-11-19)30-20-6-3-2-4-7-20)26-14-16-27(17-15-26)23(29)9-5-8-22(28)25-24/h2-4,6-7,10-13,18H,5,8-9,14-17,24H2,1H3,(H,25,28). The summed E-state index contributed by atoms with van der Waals surface area (Å²) in [5.74, 6) is 6.57. The quantitative estimate of drug-likeness (QED) is 0.397. The van der Waals surface area contributed by atoms with Crippen molar-refractivity contribution in [3.05, 3.63) is 60.2 Å². The summed E-state index contributed by atoms with van der Waals surface area (Å²) in [5, 5.41) is 0. The van der Waals surface area contributed by atoms with Crippen LogP contribution in [0.25, 0.3) is 0 Å². The SMILES string of the molecule is CC(c1ccc(Oc2ccccc2)cc1)N1CCN(C(=O)CCCC(=O)NN)CC1. The molecule has 0 aliphatic carbocycles. The van der Waals surface area contributed by atoms with Crippen molar-refractivity contribution in [2.75, 3.05) is 26.2 Å². The molecule has 0 saturated carbocycles. The van der Waals surface area contributed by atoms with E-state index in [4.69, 9.17) is 10.6 Å². The maximum atomic E-state index is 12.3. The number of rotatable bonds is 8. The highest BCUT2D eigenvalue weighted by Crippen LogP contribution is 2.26. The number of ether oxygens (including phenoxy) is 1. The average molecular weight is 411 g/mol. The zero-order valence-corrected chi connectivity index (χ0v) is 17.4. The van der Waals surface area contributed by atoms with Gasteiger partial charge in [0.1, 0.15) is 11.5 Å². The van der Waals surface area contributed by atoms with Gasteiger partial charge in [0, 0.05) is 45.1 Å². The van der Waals surface area contributed by atoms with Crippen LogP contribution in [-0.2, 0) is 9.59 Å². The Morgan fingerprint density at radius 3 is 2.23 bits per heavy atom. The van der Waals surface area contributed by atoms with Crippen molar-refractivity contribution >= 4 is 11.8 Å². The molecule has 2 amide bonds. The van der Waals surface area contributed by atoms with E-state index in [1.165, 1.54) is 5.56 Å². The van der Waals surface area contributed by atoms with Gasteiger partial charge in [-0.05, 0) is 43.2 Å². The van der Waals surface area contributed by atoms with Crippen molar-refractivity contribution in [3.63, 3.8) is 0 Å². The van der Waals surface area contributed by atoms with Crippen molar-refractivity contribution in [2.24, 2.45) is 5.84 Å². The summed E-state index contributed by atoms with van der Waals surface area (Å²) in [6.07, 6.45) is 1.19. The third kappa shape index (κ3) is 6.05. The van der Waals surface area contributed by atoms with Crippen molar-refractivity contribution in [3.8, 4) is 11.5 Å². The summed E-state index contributed by atoms with van der Waals surface area (Å²) in [6, 6.07) is 18.2. The lowest BCUT2D eigenvalue weighted by Crippen LogP contribution is -2.49. The van der Waals surface area contributed by atoms with Gasteiger partial charge in [0.05, 0.1) is 0 Å². The number of benzene rings is 2. The van der Waals surface area contributed by atoms with Gasteiger partial charge in [-0.15, -0.1) is 0 Å². The Bertz CT molecular complexity index is 818. The highest BCUT2D eigenvalue weighted by molar-refractivity contribution is 5.78. The summed E-state index contributed by atoms with van der Waals surface area (Å²) in [4.78, 5) is 27.8. The van der Waals surface area contributed by atoms with E-state index in [9.17, 15) is 9.59 Å². The minimum atomic E-state index is -0.235. The second-order valence-electron chi connectivity index (χ2n) is 7.50. The molecule has 30 heavy (non-hydrogen) atoms. The van der Waals surface area contributed by atoms with Crippen molar-refractivity contribution < 1.29 is 14.3 Å². The van der Waals surface area contributed by atoms with Gasteiger partial charge in [0.2, 0.25) is 11.8 Å². The number of nitrogens with one attached hydrogen (secondary N) is 1. The van der Waals surface area contributed by atoms with Crippen LogP contribution in [0.5, 0.6) is 11.5 Å². The van der Waals surface area contributed by atoms with E-state index in [-0.39, 0.29) is 24.3 Å². The molecule has 0 aromatic heterocycles. The number of nitrogens with two attached hydrogens (primary N) is 1. The lowest BCUT2D eigenvalue weighted by atomic mass is 10.1. The van der Waals surface area contributed by atoms with Crippen LogP contribution in [0.4, 0.5) is 0 Å². The van der Waals surface area contributed by atoms with Crippen LogP contribution in [0.3, 0.4) is 0 Å². The first-order valence-electron chi connectivity index (χ1n) is 10.4. The first-order valence-corrected chi connectivity index (χ1v) is 10.4. The number of amides is 2. The highest BCUT2D eigenvalue weighted by atomic mass is 16.5. The number of para-hydroxylation sites is 1. The first-order chi connectivity index (χ1) is 14.6. The summed E-state index contributed by atoms with van der Waals surface area (Å²) >= 11 is 0. The number of hydrogen-bond acceptors (Lipinski definition) is 5. The fourth-order valence-corrected chi connectivity index (χ4v) is 3.64. The molecule has 160 valence electrons. The Morgan fingerprint density at radius 2 is 1.60 bits per heavy atom.